The van der Waals surface area contributed by atoms with E-state index in [4.69, 9.17) is 9.15 Å². The van der Waals surface area contributed by atoms with E-state index in [0.29, 0.717) is 16.7 Å². The summed E-state index contributed by atoms with van der Waals surface area (Å²) in [5.41, 5.74) is 1.27. The van der Waals surface area contributed by atoms with E-state index in [2.05, 4.69) is 6.08 Å². The summed E-state index contributed by atoms with van der Waals surface area (Å²) in [5.74, 6) is 0.426. The molecule has 0 spiro atoms. The van der Waals surface area contributed by atoms with Gasteiger partial charge >= 0.3 is 35.5 Å². The number of allylic oxidation sites excluding steroid dienone is 2. The van der Waals surface area contributed by atoms with Gasteiger partial charge in [0, 0.05) is 13.0 Å². The van der Waals surface area contributed by atoms with Crippen molar-refractivity contribution in [2.75, 3.05) is 0 Å². The number of ether oxygens (including phenoxy) is 1. The summed E-state index contributed by atoms with van der Waals surface area (Å²) >= 11 is 0. The van der Waals surface area contributed by atoms with Crippen LogP contribution in [-0.2, 0) is 4.79 Å². The molecular formula is C17H17NaO4. The molecule has 0 saturated heterocycles. The van der Waals surface area contributed by atoms with Crippen LogP contribution >= 0.6 is 0 Å². The summed E-state index contributed by atoms with van der Waals surface area (Å²) in [6, 6.07) is 6.51. The fourth-order valence-electron chi connectivity index (χ4n) is 2.61. The molecule has 2 aromatic rings. The SMILES string of the molecule is CC(=O)Oc1cccc2c(=O)cc(C3=CCCCC3)oc12.[NaH]. The third-order valence-electron chi connectivity index (χ3n) is 3.58. The monoisotopic (exact) mass is 308 g/mol. The second-order valence-electron chi connectivity index (χ2n) is 5.18. The van der Waals surface area contributed by atoms with Crippen molar-refractivity contribution in [2.24, 2.45) is 0 Å². The van der Waals surface area contributed by atoms with Gasteiger partial charge in [0.1, 0.15) is 5.76 Å². The molecule has 22 heavy (non-hydrogen) atoms. The normalized spacial score (nSPS) is 14.1. The molecule has 110 valence electrons. The van der Waals surface area contributed by atoms with Crippen LogP contribution in [0.2, 0.25) is 0 Å². The first-order valence-electron chi connectivity index (χ1n) is 7.10. The summed E-state index contributed by atoms with van der Waals surface area (Å²) in [5, 5.41) is 0.425. The molecule has 0 radical (unpaired) electrons. The Hall–Kier alpha value is -1.36. The van der Waals surface area contributed by atoms with Gasteiger partial charge in [0.15, 0.2) is 16.8 Å². The Morgan fingerprint density at radius 2 is 2.09 bits per heavy atom. The van der Waals surface area contributed by atoms with Crippen LogP contribution in [0.4, 0.5) is 0 Å². The molecule has 0 N–H and O–H groups in total. The van der Waals surface area contributed by atoms with Crippen molar-refractivity contribution in [2.45, 2.75) is 32.6 Å². The van der Waals surface area contributed by atoms with Gasteiger partial charge in [0.2, 0.25) is 0 Å². The quantitative estimate of drug-likeness (QED) is 0.486. The van der Waals surface area contributed by atoms with Gasteiger partial charge in [-0.25, -0.2) is 0 Å². The standard InChI is InChI=1S/C17H16O4.Na.H/c1-11(18)20-15-9-5-8-13-14(19)10-16(21-17(13)15)12-6-3-2-4-7-12;;/h5-6,8-10H,2-4,7H2,1H3;;. The molecule has 1 aromatic heterocycles. The fraction of sp³-hybridized carbons (Fsp3) is 0.294. The second-order valence-corrected chi connectivity index (χ2v) is 5.18. The van der Waals surface area contributed by atoms with E-state index < -0.39 is 5.97 Å². The number of esters is 1. The molecule has 4 nitrogen and oxygen atoms in total. The van der Waals surface area contributed by atoms with Gasteiger partial charge in [0.25, 0.3) is 0 Å². The second kappa shape index (κ2) is 7.27. The summed E-state index contributed by atoms with van der Waals surface area (Å²) in [4.78, 5) is 23.4. The van der Waals surface area contributed by atoms with Gasteiger partial charge in [-0.3, -0.25) is 9.59 Å². The average Bonchev–Trinajstić information content (AvgIpc) is 2.48. The maximum atomic E-state index is 12.3. The van der Waals surface area contributed by atoms with Crippen LogP contribution in [0, 0.1) is 0 Å². The Kier molecular flexibility index (Phi) is 5.62. The van der Waals surface area contributed by atoms with Crippen molar-refractivity contribution >= 4 is 52.1 Å². The molecule has 5 heteroatoms. The third-order valence-corrected chi connectivity index (χ3v) is 3.58. The van der Waals surface area contributed by atoms with Gasteiger partial charge in [-0.15, -0.1) is 0 Å². The first-order valence-corrected chi connectivity index (χ1v) is 7.10. The van der Waals surface area contributed by atoms with E-state index in [0.717, 1.165) is 24.8 Å². The molecule has 1 aliphatic carbocycles. The summed E-state index contributed by atoms with van der Waals surface area (Å²) < 4.78 is 11.0. The number of hydrogen-bond donors (Lipinski definition) is 0. The Labute approximate surface area is 150 Å². The molecule has 0 aliphatic heterocycles. The average molecular weight is 308 g/mol. The van der Waals surface area contributed by atoms with Crippen molar-refractivity contribution in [3.05, 3.63) is 46.3 Å². The molecule has 1 aliphatic rings. The van der Waals surface area contributed by atoms with Crippen molar-refractivity contribution in [3.63, 3.8) is 0 Å². The first kappa shape index (κ1) is 17.0. The van der Waals surface area contributed by atoms with E-state index in [-0.39, 0.29) is 40.7 Å². The summed E-state index contributed by atoms with van der Waals surface area (Å²) in [6.45, 7) is 1.32. The van der Waals surface area contributed by atoms with Crippen molar-refractivity contribution < 1.29 is 13.9 Å². The van der Waals surface area contributed by atoms with Gasteiger partial charge in [0.05, 0.1) is 5.39 Å². The molecule has 1 aromatic carbocycles. The zero-order chi connectivity index (χ0) is 14.8. The Morgan fingerprint density at radius 1 is 1.27 bits per heavy atom. The molecule has 0 amide bonds. The van der Waals surface area contributed by atoms with Crippen LogP contribution in [0.1, 0.15) is 38.4 Å². The summed E-state index contributed by atoms with van der Waals surface area (Å²) in [7, 11) is 0. The van der Waals surface area contributed by atoms with Gasteiger partial charge < -0.3 is 9.15 Å². The van der Waals surface area contributed by atoms with Crippen LogP contribution in [0.25, 0.3) is 16.5 Å². The number of fused-ring (bicyclic) bond motifs is 1. The van der Waals surface area contributed by atoms with E-state index in [1.165, 1.54) is 19.4 Å². The fourth-order valence-corrected chi connectivity index (χ4v) is 2.61. The summed E-state index contributed by atoms with van der Waals surface area (Å²) in [6.07, 6.45) is 6.29. The van der Waals surface area contributed by atoms with Crippen molar-refractivity contribution in [1.29, 1.82) is 0 Å². The number of rotatable bonds is 2. The zero-order valence-corrected chi connectivity index (χ0v) is 11.8. The number of para-hydroxylation sites is 1. The minimum atomic E-state index is -0.438. The van der Waals surface area contributed by atoms with E-state index in [1.807, 2.05) is 0 Å². The zero-order valence-electron chi connectivity index (χ0n) is 11.8. The Bertz CT molecular complexity index is 789. The molecule has 3 rings (SSSR count). The molecule has 1 heterocycles. The molecule has 0 unspecified atom stereocenters. The number of benzene rings is 1. The predicted molar refractivity (Wildman–Crippen MR) is 87.4 cm³/mol. The van der Waals surface area contributed by atoms with Crippen LogP contribution in [0.3, 0.4) is 0 Å². The molecule has 0 bridgehead atoms. The van der Waals surface area contributed by atoms with Gasteiger partial charge in [-0.2, -0.15) is 0 Å². The van der Waals surface area contributed by atoms with Crippen LogP contribution in [0.15, 0.2) is 39.6 Å². The first-order chi connectivity index (χ1) is 10.1. The van der Waals surface area contributed by atoms with Gasteiger partial charge in [-0.05, 0) is 43.4 Å². The van der Waals surface area contributed by atoms with Crippen LogP contribution in [0.5, 0.6) is 5.75 Å². The van der Waals surface area contributed by atoms with Crippen molar-refractivity contribution in [1.82, 2.24) is 0 Å². The maximum absolute atomic E-state index is 12.3. The minimum absolute atomic E-state index is 0. The topological polar surface area (TPSA) is 56.5 Å². The Morgan fingerprint density at radius 3 is 2.77 bits per heavy atom. The van der Waals surface area contributed by atoms with E-state index in [9.17, 15) is 9.59 Å². The molecule has 0 saturated carbocycles. The molecular weight excluding hydrogens is 291 g/mol. The number of hydrogen-bond acceptors (Lipinski definition) is 4. The van der Waals surface area contributed by atoms with E-state index >= 15 is 0 Å². The van der Waals surface area contributed by atoms with Crippen LogP contribution in [-0.4, -0.2) is 35.5 Å². The third kappa shape index (κ3) is 3.51. The van der Waals surface area contributed by atoms with Crippen molar-refractivity contribution in [3.8, 4) is 5.75 Å². The van der Waals surface area contributed by atoms with Gasteiger partial charge in [-0.1, -0.05) is 12.1 Å². The number of carbonyl (C=O) groups is 1. The van der Waals surface area contributed by atoms with Crippen LogP contribution < -0.4 is 10.2 Å². The predicted octanol–water partition coefficient (Wildman–Crippen LogP) is 3.03. The molecule has 0 fully saturated rings. The molecule has 0 atom stereocenters. The number of carbonyl (C=O) groups excluding carboxylic acids is 1. The van der Waals surface area contributed by atoms with E-state index in [1.54, 1.807) is 18.2 Å². The Balaban J connectivity index is 0.00000176.